The lowest BCUT2D eigenvalue weighted by Gasteiger charge is -2.37. The molecule has 184 valence electrons. The van der Waals surface area contributed by atoms with E-state index in [4.69, 9.17) is 21.3 Å². The van der Waals surface area contributed by atoms with Crippen LogP contribution in [0.15, 0.2) is 113 Å². The summed E-state index contributed by atoms with van der Waals surface area (Å²) in [6.07, 6.45) is 7.69. The Labute approximate surface area is 231 Å². The van der Waals surface area contributed by atoms with Gasteiger partial charge in [-0.15, -0.1) is 0 Å². The summed E-state index contributed by atoms with van der Waals surface area (Å²) in [5, 5.41) is 4.52. The van der Waals surface area contributed by atoms with Crippen molar-refractivity contribution in [1.82, 2.24) is 0 Å². The summed E-state index contributed by atoms with van der Waals surface area (Å²) in [6.45, 7) is 0.481. The van der Waals surface area contributed by atoms with Crippen LogP contribution in [0.5, 0.6) is 5.75 Å². The lowest BCUT2D eigenvalue weighted by molar-refractivity contribution is 0.304. The average molecular weight is 570 g/mol. The highest BCUT2D eigenvalue weighted by Gasteiger charge is 2.37. The first-order chi connectivity index (χ1) is 18.1. The molecule has 4 aromatic carbocycles. The predicted molar refractivity (Wildman–Crippen MR) is 156 cm³/mol. The Balaban J connectivity index is 1.12. The van der Waals surface area contributed by atoms with Gasteiger partial charge in [0.25, 0.3) is 0 Å². The number of aliphatic imine (C=N–C) groups is 1. The molecule has 1 aliphatic carbocycles. The van der Waals surface area contributed by atoms with Gasteiger partial charge < -0.3 is 10.1 Å². The number of hydrogen-bond donors (Lipinski definition) is 1. The zero-order chi connectivity index (χ0) is 25.2. The van der Waals surface area contributed by atoms with E-state index in [1.807, 2.05) is 48.7 Å². The van der Waals surface area contributed by atoms with Crippen LogP contribution in [0.1, 0.15) is 40.6 Å². The van der Waals surface area contributed by atoms with Crippen molar-refractivity contribution in [3.8, 4) is 5.75 Å². The van der Waals surface area contributed by atoms with Crippen molar-refractivity contribution in [2.45, 2.75) is 25.0 Å². The van der Waals surface area contributed by atoms with Gasteiger partial charge in [0.2, 0.25) is 0 Å². The molecular formula is C32H26BrClN2O. The molecule has 1 heterocycles. The number of hydrogen-bond acceptors (Lipinski definition) is 3. The minimum atomic E-state index is 0.296. The van der Waals surface area contributed by atoms with E-state index in [2.05, 4.69) is 81.9 Å². The summed E-state index contributed by atoms with van der Waals surface area (Å²) in [4.78, 5) is 4.71. The Bertz CT molecular complexity index is 1460. The number of ether oxygens (including phenoxy) is 1. The van der Waals surface area contributed by atoms with Crippen molar-refractivity contribution in [2.75, 3.05) is 5.32 Å². The Morgan fingerprint density at radius 3 is 2.59 bits per heavy atom. The number of nitrogens with one attached hydrogen (secondary N) is 1. The van der Waals surface area contributed by atoms with Crippen LogP contribution in [-0.4, -0.2) is 6.21 Å². The van der Waals surface area contributed by atoms with E-state index in [1.165, 1.54) is 16.8 Å². The molecule has 0 amide bonds. The summed E-state index contributed by atoms with van der Waals surface area (Å²) in [5.74, 6) is 1.82. The fourth-order valence-electron chi connectivity index (χ4n) is 5.25. The second kappa shape index (κ2) is 10.6. The molecule has 0 saturated carbocycles. The van der Waals surface area contributed by atoms with E-state index in [-0.39, 0.29) is 0 Å². The first-order valence-corrected chi connectivity index (χ1v) is 13.6. The van der Waals surface area contributed by atoms with E-state index in [0.29, 0.717) is 24.5 Å². The number of rotatable bonds is 6. The number of anilines is 1. The fourth-order valence-corrected chi connectivity index (χ4v) is 5.88. The molecule has 6 rings (SSSR count). The molecular weight excluding hydrogens is 544 g/mol. The van der Waals surface area contributed by atoms with Gasteiger partial charge in [-0.25, -0.2) is 0 Å². The van der Waals surface area contributed by atoms with E-state index in [0.717, 1.165) is 38.5 Å². The number of benzene rings is 4. The van der Waals surface area contributed by atoms with Crippen molar-refractivity contribution in [2.24, 2.45) is 10.9 Å². The molecule has 0 saturated heterocycles. The van der Waals surface area contributed by atoms with Crippen molar-refractivity contribution in [3.63, 3.8) is 0 Å². The van der Waals surface area contributed by atoms with Crippen LogP contribution < -0.4 is 10.1 Å². The van der Waals surface area contributed by atoms with Crippen LogP contribution in [0.4, 0.5) is 11.4 Å². The number of fused-ring (bicyclic) bond motifs is 3. The van der Waals surface area contributed by atoms with E-state index in [9.17, 15) is 0 Å². The molecule has 3 nitrogen and oxygen atoms in total. The van der Waals surface area contributed by atoms with Gasteiger partial charge in [-0.2, -0.15) is 0 Å². The lowest BCUT2D eigenvalue weighted by Crippen LogP contribution is -2.28. The normalized spacial score (nSPS) is 19.9. The Morgan fingerprint density at radius 1 is 0.973 bits per heavy atom. The van der Waals surface area contributed by atoms with Crippen LogP contribution in [0.25, 0.3) is 0 Å². The molecule has 1 aliphatic heterocycles. The van der Waals surface area contributed by atoms with E-state index < -0.39 is 0 Å². The van der Waals surface area contributed by atoms with Crippen LogP contribution in [0, 0.1) is 5.92 Å². The van der Waals surface area contributed by atoms with Gasteiger partial charge in [0.05, 0.1) is 16.2 Å². The largest absolute Gasteiger partial charge is 0.488 e. The molecule has 1 N–H and O–H groups in total. The molecule has 3 atom stereocenters. The minimum Gasteiger partial charge on any atom is -0.488 e. The van der Waals surface area contributed by atoms with Crippen molar-refractivity contribution < 1.29 is 4.74 Å². The molecule has 37 heavy (non-hydrogen) atoms. The highest BCUT2D eigenvalue weighted by molar-refractivity contribution is 9.10. The van der Waals surface area contributed by atoms with Gasteiger partial charge >= 0.3 is 0 Å². The Morgan fingerprint density at radius 2 is 1.78 bits per heavy atom. The molecule has 0 spiro atoms. The van der Waals surface area contributed by atoms with Gasteiger partial charge in [-0.1, -0.05) is 66.2 Å². The maximum absolute atomic E-state index is 5.96. The SMILES string of the molecule is Clc1ccc(COc2ccc(C=Nc3ccc([C@@H]4Nc5ccccc5[C@H]5C=CC[C@@H]54)cc3)cc2Br)cc1. The van der Waals surface area contributed by atoms with Gasteiger partial charge in [0.1, 0.15) is 12.4 Å². The van der Waals surface area contributed by atoms with Crippen LogP contribution in [0.2, 0.25) is 5.02 Å². The number of para-hydroxylation sites is 1. The second-order valence-electron chi connectivity index (χ2n) is 9.52. The summed E-state index contributed by atoms with van der Waals surface area (Å²) >= 11 is 9.59. The van der Waals surface area contributed by atoms with Gasteiger partial charge in [-0.3, -0.25) is 4.99 Å². The maximum Gasteiger partial charge on any atom is 0.134 e. The van der Waals surface area contributed by atoms with Crippen molar-refractivity contribution in [1.29, 1.82) is 0 Å². The number of allylic oxidation sites excluding steroid dienone is 2. The highest BCUT2D eigenvalue weighted by atomic mass is 79.9. The maximum atomic E-state index is 5.96. The van der Waals surface area contributed by atoms with Gasteiger partial charge in [-0.05, 0) is 99.1 Å². The molecule has 0 fully saturated rings. The van der Waals surface area contributed by atoms with Crippen molar-refractivity contribution >= 4 is 45.1 Å². The first kappa shape index (κ1) is 24.0. The smallest absolute Gasteiger partial charge is 0.134 e. The third-order valence-corrected chi connectivity index (χ3v) is 8.02. The van der Waals surface area contributed by atoms with Crippen LogP contribution >= 0.6 is 27.5 Å². The average Bonchev–Trinajstić information content (AvgIpc) is 3.43. The zero-order valence-electron chi connectivity index (χ0n) is 20.1. The Hall–Kier alpha value is -3.34. The third-order valence-electron chi connectivity index (χ3n) is 7.15. The molecule has 0 unspecified atom stereocenters. The topological polar surface area (TPSA) is 33.6 Å². The standard InChI is InChI=1S/C32H26BrClN2O/c33-29-18-22(10-17-31(29)37-20-21-8-13-24(34)14-9-21)19-35-25-15-11-23(12-16-25)32-28-6-3-5-26(28)27-4-1-2-7-30(27)36-32/h1-5,7-19,26,28,32,36H,6,20H2/t26-,28+,32+/m1/s1. The molecule has 0 aromatic heterocycles. The zero-order valence-corrected chi connectivity index (χ0v) is 22.5. The summed E-state index contributed by atoms with van der Waals surface area (Å²) < 4.78 is 6.85. The summed E-state index contributed by atoms with van der Waals surface area (Å²) in [5.41, 5.74) is 6.95. The highest BCUT2D eigenvalue weighted by Crippen LogP contribution is 2.49. The van der Waals surface area contributed by atoms with Gasteiger partial charge in [0.15, 0.2) is 0 Å². The number of halogens is 2. The molecule has 0 bridgehead atoms. The fraction of sp³-hybridized carbons (Fsp3) is 0.156. The molecule has 0 radical (unpaired) electrons. The molecule has 4 aromatic rings. The molecule has 2 aliphatic rings. The van der Waals surface area contributed by atoms with E-state index >= 15 is 0 Å². The second-order valence-corrected chi connectivity index (χ2v) is 10.8. The van der Waals surface area contributed by atoms with E-state index in [1.54, 1.807) is 0 Å². The molecule has 5 heteroatoms. The minimum absolute atomic E-state index is 0.296. The van der Waals surface area contributed by atoms with Gasteiger partial charge in [0, 0.05) is 22.8 Å². The monoisotopic (exact) mass is 568 g/mol. The van der Waals surface area contributed by atoms with Crippen molar-refractivity contribution in [3.05, 3.63) is 135 Å². The Kier molecular flexibility index (Phi) is 6.86. The number of nitrogens with zero attached hydrogens (tertiary/aromatic N) is 1. The lowest BCUT2D eigenvalue weighted by atomic mass is 9.77. The quantitative estimate of drug-likeness (QED) is 0.185. The van der Waals surface area contributed by atoms with Crippen LogP contribution in [-0.2, 0) is 6.61 Å². The third kappa shape index (κ3) is 5.22. The summed E-state index contributed by atoms with van der Waals surface area (Å²) in [6, 6.07) is 31.3. The predicted octanol–water partition coefficient (Wildman–Crippen LogP) is 9.26. The summed E-state index contributed by atoms with van der Waals surface area (Å²) in [7, 11) is 0. The van der Waals surface area contributed by atoms with Crippen LogP contribution in [0.3, 0.4) is 0 Å². The first-order valence-electron chi connectivity index (χ1n) is 12.5.